The van der Waals surface area contributed by atoms with E-state index >= 15 is 0 Å². The molecule has 1 rings (SSSR count). The molecule has 0 saturated carbocycles. The number of nitrogens with two attached hydrogens (primary N) is 1. The van der Waals surface area contributed by atoms with Crippen LogP contribution in [0.25, 0.3) is 0 Å². The van der Waals surface area contributed by atoms with Gasteiger partial charge in [0.25, 0.3) is 0 Å². The molecular formula is C10H20N4O2. The van der Waals surface area contributed by atoms with Gasteiger partial charge in [0, 0.05) is 26.2 Å². The minimum Gasteiger partial charge on any atom is -0.341 e. The molecule has 1 aliphatic heterocycles. The number of carbonyl (C=O) groups is 2. The number of rotatable bonds is 2. The lowest BCUT2D eigenvalue weighted by Crippen LogP contribution is -2.51. The monoisotopic (exact) mass is 228 g/mol. The Kier molecular flexibility index (Phi) is 4.70. The van der Waals surface area contributed by atoms with Gasteiger partial charge in [0.1, 0.15) is 0 Å². The van der Waals surface area contributed by atoms with Crippen molar-refractivity contribution in [2.24, 2.45) is 11.7 Å². The van der Waals surface area contributed by atoms with E-state index in [-0.39, 0.29) is 18.5 Å². The predicted molar refractivity (Wildman–Crippen MR) is 60.8 cm³/mol. The molecule has 1 heterocycles. The van der Waals surface area contributed by atoms with Crippen molar-refractivity contribution in [1.82, 2.24) is 15.5 Å². The summed E-state index contributed by atoms with van der Waals surface area (Å²) in [6, 6.07) is -0.351. The predicted octanol–water partition coefficient (Wildman–Crippen LogP) is -0.889. The average Bonchev–Trinajstić information content (AvgIpc) is 2.15. The Morgan fingerprint density at radius 1 is 1.44 bits per heavy atom. The Morgan fingerprint density at radius 3 is 2.69 bits per heavy atom. The maximum atomic E-state index is 11.4. The van der Waals surface area contributed by atoms with Crippen molar-refractivity contribution in [1.29, 1.82) is 0 Å². The van der Waals surface area contributed by atoms with Gasteiger partial charge < -0.3 is 11.1 Å². The molecule has 4 N–H and O–H groups in total. The highest BCUT2D eigenvalue weighted by Gasteiger charge is 2.23. The lowest BCUT2D eigenvalue weighted by atomic mass is 9.97. The Hall–Kier alpha value is -1.14. The maximum absolute atomic E-state index is 11.4. The van der Waals surface area contributed by atoms with Gasteiger partial charge in [-0.05, 0) is 12.3 Å². The number of nitrogens with one attached hydrogen (secondary N) is 2. The van der Waals surface area contributed by atoms with Crippen LogP contribution < -0.4 is 16.4 Å². The van der Waals surface area contributed by atoms with Crippen LogP contribution in [-0.2, 0) is 4.79 Å². The van der Waals surface area contributed by atoms with Crippen LogP contribution >= 0.6 is 0 Å². The van der Waals surface area contributed by atoms with Crippen LogP contribution in [0.4, 0.5) is 4.79 Å². The third-order valence-electron chi connectivity index (χ3n) is 2.61. The fourth-order valence-electron chi connectivity index (χ4n) is 2.07. The van der Waals surface area contributed by atoms with E-state index in [2.05, 4.69) is 17.6 Å². The van der Waals surface area contributed by atoms with E-state index in [9.17, 15) is 9.59 Å². The van der Waals surface area contributed by atoms with Crippen LogP contribution in [0.1, 0.15) is 13.3 Å². The Bertz CT molecular complexity index is 260. The summed E-state index contributed by atoms with van der Waals surface area (Å²) in [5.41, 5.74) is 5.87. The summed E-state index contributed by atoms with van der Waals surface area (Å²) in [5, 5.41) is 4.57. The van der Waals surface area contributed by atoms with Crippen molar-refractivity contribution in [2.45, 2.75) is 19.4 Å². The molecule has 0 bridgehead atoms. The molecular weight excluding hydrogens is 208 g/mol. The van der Waals surface area contributed by atoms with Gasteiger partial charge in [-0.25, -0.2) is 4.79 Å². The first-order chi connectivity index (χ1) is 7.51. The fraction of sp³-hybridized carbons (Fsp3) is 0.800. The number of amides is 3. The van der Waals surface area contributed by atoms with E-state index in [0.29, 0.717) is 12.5 Å². The van der Waals surface area contributed by atoms with Crippen LogP contribution in [0.5, 0.6) is 0 Å². The second-order valence-corrected chi connectivity index (χ2v) is 4.42. The maximum Gasteiger partial charge on any atom is 0.321 e. The lowest BCUT2D eigenvalue weighted by molar-refractivity contribution is -0.121. The molecule has 1 saturated heterocycles. The minimum atomic E-state index is -0.473. The van der Waals surface area contributed by atoms with Gasteiger partial charge in [0.2, 0.25) is 5.91 Å². The number of piperidine rings is 1. The third-order valence-corrected chi connectivity index (χ3v) is 2.61. The largest absolute Gasteiger partial charge is 0.341 e. The summed E-state index contributed by atoms with van der Waals surface area (Å²) < 4.78 is 0. The number of nitrogens with zero attached hydrogens (tertiary/aromatic N) is 1. The summed E-state index contributed by atoms with van der Waals surface area (Å²) in [6.07, 6.45) is 0.994. The molecule has 0 aliphatic carbocycles. The normalized spacial score (nSPS) is 26.2. The molecule has 3 amide bonds. The van der Waals surface area contributed by atoms with Gasteiger partial charge in [0.05, 0.1) is 6.54 Å². The van der Waals surface area contributed by atoms with Crippen molar-refractivity contribution >= 4 is 11.9 Å². The average molecular weight is 228 g/mol. The molecule has 1 fully saturated rings. The minimum absolute atomic E-state index is 0.122. The number of hydrogen-bond donors (Lipinski definition) is 3. The molecule has 6 nitrogen and oxygen atoms in total. The van der Waals surface area contributed by atoms with Gasteiger partial charge in [-0.3, -0.25) is 15.0 Å². The zero-order chi connectivity index (χ0) is 12.1. The quantitative estimate of drug-likeness (QED) is 0.572. The third kappa shape index (κ3) is 4.16. The molecule has 0 aromatic carbocycles. The summed E-state index contributed by atoms with van der Waals surface area (Å²) in [6.45, 7) is 3.91. The smallest absolute Gasteiger partial charge is 0.321 e. The lowest BCUT2D eigenvalue weighted by Gasteiger charge is -2.34. The van der Waals surface area contributed by atoms with Gasteiger partial charge in [-0.1, -0.05) is 6.92 Å². The summed E-state index contributed by atoms with van der Waals surface area (Å²) in [4.78, 5) is 24.3. The molecule has 16 heavy (non-hydrogen) atoms. The van der Waals surface area contributed by atoms with Gasteiger partial charge in [-0.15, -0.1) is 0 Å². The SMILES string of the molecule is CNC(=O)NC(=O)CN1CC(C)CC(N)C1. The highest BCUT2D eigenvalue weighted by atomic mass is 16.2. The first-order valence-electron chi connectivity index (χ1n) is 5.50. The standard InChI is InChI=1S/C10H20N4O2/c1-7-3-8(11)5-14(4-7)6-9(15)13-10(16)12-2/h7-8H,3-6,11H2,1-2H3,(H2,12,13,15,16). The van der Waals surface area contributed by atoms with Crippen molar-refractivity contribution in [2.75, 3.05) is 26.7 Å². The molecule has 2 atom stereocenters. The van der Waals surface area contributed by atoms with Crippen LogP contribution in [0.3, 0.4) is 0 Å². The van der Waals surface area contributed by atoms with Crippen molar-refractivity contribution in [3.8, 4) is 0 Å². The highest BCUT2D eigenvalue weighted by Crippen LogP contribution is 2.14. The van der Waals surface area contributed by atoms with Gasteiger partial charge >= 0.3 is 6.03 Å². The van der Waals surface area contributed by atoms with E-state index in [1.165, 1.54) is 7.05 Å². The fourth-order valence-corrected chi connectivity index (χ4v) is 2.07. The molecule has 92 valence electrons. The Labute approximate surface area is 95.5 Å². The van der Waals surface area contributed by atoms with Crippen LogP contribution in [0.2, 0.25) is 0 Å². The molecule has 2 unspecified atom stereocenters. The molecule has 0 aromatic heterocycles. The van der Waals surface area contributed by atoms with Gasteiger partial charge in [0.15, 0.2) is 0 Å². The van der Waals surface area contributed by atoms with Crippen LogP contribution in [-0.4, -0.2) is 49.6 Å². The number of likely N-dealkylation sites (tertiary alicyclic amines) is 1. The van der Waals surface area contributed by atoms with E-state index in [4.69, 9.17) is 5.73 Å². The van der Waals surface area contributed by atoms with E-state index < -0.39 is 6.03 Å². The molecule has 0 radical (unpaired) electrons. The summed E-state index contributed by atoms with van der Waals surface area (Å²) in [5.74, 6) is 0.206. The molecule has 0 spiro atoms. The zero-order valence-electron chi connectivity index (χ0n) is 9.82. The first-order valence-corrected chi connectivity index (χ1v) is 5.50. The second-order valence-electron chi connectivity index (χ2n) is 4.42. The number of urea groups is 1. The number of hydrogen-bond acceptors (Lipinski definition) is 4. The van der Waals surface area contributed by atoms with Crippen molar-refractivity contribution < 1.29 is 9.59 Å². The highest BCUT2D eigenvalue weighted by molar-refractivity contribution is 5.95. The summed E-state index contributed by atoms with van der Waals surface area (Å²) >= 11 is 0. The van der Waals surface area contributed by atoms with Crippen LogP contribution in [0.15, 0.2) is 0 Å². The molecule has 1 aliphatic rings. The Morgan fingerprint density at radius 2 is 2.12 bits per heavy atom. The van der Waals surface area contributed by atoms with Crippen molar-refractivity contribution in [3.63, 3.8) is 0 Å². The van der Waals surface area contributed by atoms with Crippen molar-refractivity contribution in [3.05, 3.63) is 0 Å². The first kappa shape index (κ1) is 12.9. The van der Waals surface area contributed by atoms with E-state index in [0.717, 1.165) is 13.0 Å². The molecule has 6 heteroatoms. The topological polar surface area (TPSA) is 87.5 Å². The summed E-state index contributed by atoms with van der Waals surface area (Å²) in [7, 11) is 1.47. The molecule has 0 aromatic rings. The number of imide groups is 1. The zero-order valence-corrected chi connectivity index (χ0v) is 9.82. The van der Waals surface area contributed by atoms with Crippen LogP contribution in [0, 0.1) is 5.92 Å². The van der Waals surface area contributed by atoms with E-state index in [1.54, 1.807) is 0 Å². The number of carbonyl (C=O) groups excluding carboxylic acids is 2. The Balaban J connectivity index is 2.35. The van der Waals surface area contributed by atoms with Gasteiger partial charge in [-0.2, -0.15) is 0 Å². The van der Waals surface area contributed by atoms with E-state index in [1.807, 2.05) is 4.90 Å². The second kappa shape index (κ2) is 5.81.